The highest BCUT2D eigenvalue weighted by molar-refractivity contribution is 7.99. The van der Waals surface area contributed by atoms with Crippen LogP contribution in [-0.2, 0) is 6.42 Å². The number of benzene rings is 2. The molecule has 0 heterocycles. The lowest BCUT2D eigenvalue weighted by Crippen LogP contribution is -2.31. The fourth-order valence-electron chi connectivity index (χ4n) is 3.07. The Bertz CT molecular complexity index is 710. The molecule has 118 valence electrons. The average molecular weight is 323 g/mol. The van der Waals surface area contributed by atoms with Gasteiger partial charge in [0.15, 0.2) is 0 Å². The van der Waals surface area contributed by atoms with Gasteiger partial charge in [0, 0.05) is 10.6 Å². The fourth-order valence-corrected chi connectivity index (χ4v) is 3.86. The molecule has 1 unspecified atom stereocenters. The maximum atomic E-state index is 12.8. The molecule has 0 saturated carbocycles. The zero-order valence-corrected chi connectivity index (χ0v) is 13.9. The van der Waals surface area contributed by atoms with E-state index in [1.807, 2.05) is 30.3 Å². The Hall–Kier alpha value is -2.00. The minimum atomic E-state index is 0.0128. The van der Waals surface area contributed by atoms with E-state index in [-0.39, 0.29) is 11.9 Å². The van der Waals surface area contributed by atoms with E-state index in [2.05, 4.69) is 36.2 Å². The second kappa shape index (κ2) is 7.51. The van der Waals surface area contributed by atoms with Crippen molar-refractivity contribution in [2.24, 2.45) is 0 Å². The van der Waals surface area contributed by atoms with Crippen molar-refractivity contribution in [2.75, 3.05) is 5.75 Å². The molecule has 1 atom stereocenters. The van der Waals surface area contributed by atoms with Crippen LogP contribution in [-0.4, -0.2) is 11.7 Å². The van der Waals surface area contributed by atoms with E-state index in [1.165, 1.54) is 11.1 Å². The lowest BCUT2D eigenvalue weighted by Gasteiger charge is -2.26. The van der Waals surface area contributed by atoms with E-state index >= 15 is 0 Å². The van der Waals surface area contributed by atoms with Crippen LogP contribution in [0.15, 0.2) is 66.1 Å². The fraction of sp³-hybridized carbons (Fsp3) is 0.250. The van der Waals surface area contributed by atoms with Gasteiger partial charge in [-0.1, -0.05) is 42.5 Å². The molecule has 0 fully saturated rings. The van der Waals surface area contributed by atoms with Gasteiger partial charge in [-0.25, -0.2) is 0 Å². The number of aryl methyl sites for hydroxylation is 1. The Balaban J connectivity index is 1.79. The Morgan fingerprint density at radius 1 is 1.22 bits per heavy atom. The van der Waals surface area contributed by atoms with Gasteiger partial charge in [0.1, 0.15) is 0 Å². The SMILES string of the molecule is C=CCSc1ccccc1C(=O)NC1CCCc2ccccc21. The normalized spacial score (nSPS) is 16.4. The molecule has 0 aromatic heterocycles. The molecular formula is C20H21NOS. The van der Waals surface area contributed by atoms with Gasteiger partial charge in [-0.05, 0) is 42.5 Å². The molecule has 0 spiro atoms. The van der Waals surface area contributed by atoms with E-state index in [9.17, 15) is 4.79 Å². The highest BCUT2D eigenvalue weighted by Gasteiger charge is 2.22. The molecule has 0 bridgehead atoms. The topological polar surface area (TPSA) is 29.1 Å². The monoisotopic (exact) mass is 323 g/mol. The Kier molecular flexibility index (Phi) is 5.19. The van der Waals surface area contributed by atoms with Gasteiger partial charge < -0.3 is 5.32 Å². The summed E-state index contributed by atoms with van der Waals surface area (Å²) in [5, 5.41) is 3.23. The van der Waals surface area contributed by atoms with Crippen LogP contribution in [0.1, 0.15) is 40.4 Å². The summed E-state index contributed by atoms with van der Waals surface area (Å²) >= 11 is 1.64. The number of nitrogens with one attached hydrogen (secondary N) is 1. The first-order valence-corrected chi connectivity index (χ1v) is 8.99. The van der Waals surface area contributed by atoms with Crippen LogP contribution >= 0.6 is 11.8 Å². The molecule has 2 nitrogen and oxygen atoms in total. The number of carbonyl (C=O) groups is 1. The second-order valence-electron chi connectivity index (χ2n) is 5.71. The maximum absolute atomic E-state index is 12.8. The minimum Gasteiger partial charge on any atom is -0.345 e. The molecular weight excluding hydrogens is 302 g/mol. The summed E-state index contributed by atoms with van der Waals surface area (Å²) in [6.45, 7) is 3.75. The number of fused-ring (bicyclic) bond motifs is 1. The van der Waals surface area contributed by atoms with Crippen LogP contribution in [0.4, 0.5) is 0 Å². The third-order valence-electron chi connectivity index (χ3n) is 4.16. The van der Waals surface area contributed by atoms with Crippen LogP contribution in [0.3, 0.4) is 0 Å². The molecule has 0 saturated heterocycles. The first-order valence-electron chi connectivity index (χ1n) is 8.01. The predicted octanol–water partition coefficient (Wildman–Crippen LogP) is 4.77. The van der Waals surface area contributed by atoms with Crippen LogP contribution in [0.5, 0.6) is 0 Å². The van der Waals surface area contributed by atoms with Crippen molar-refractivity contribution in [3.63, 3.8) is 0 Å². The van der Waals surface area contributed by atoms with Crippen molar-refractivity contribution >= 4 is 17.7 Å². The summed E-state index contributed by atoms with van der Waals surface area (Å²) in [4.78, 5) is 13.8. The molecule has 0 aliphatic heterocycles. The van der Waals surface area contributed by atoms with Crippen molar-refractivity contribution in [3.8, 4) is 0 Å². The second-order valence-corrected chi connectivity index (χ2v) is 6.77. The molecule has 1 aliphatic carbocycles. The highest BCUT2D eigenvalue weighted by atomic mass is 32.2. The van der Waals surface area contributed by atoms with Crippen LogP contribution in [0, 0.1) is 0 Å². The summed E-state index contributed by atoms with van der Waals surface area (Å²) in [6, 6.07) is 16.3. The smallest absolute Gasteiger partial charge is 0.252 e. The molecule has 23 heavy (non-hydrogen) atoms. The van der Waals surface area contributed by atoms with Crippen molar-refractivity contribution < 1.29 is 4.79 Å². The molecule has 1 N–H and O–H groups in total. The molecule has 0 radical (unpaired) electrons. The molecule has 3 heteroatoms. The van der Waals surface area contributed by atoms with Gasteiger partial charge in [-0.15, -0.1) is 18.3 Å². The number of hydrogen-bond acceptors (Lipinski definition) is 2. The van der Waals surface area contributed by atoms with Gasteiger partial charge in [-0.2, -0.15) is 0 Å². The van der Waals surface area contributed by atoms with Crippen LogP contribution < -0.4 is 5.32 Å². The zero-order chi connectivity index (χ0) is 16.1. The number of thioether (sulfide) groups is 1. The largest absolute Gasteiger partial charge is 0.345 e. The van der Waals surface area contributed by atoms with E-state index in [0.717, 1.165) is 35.5 Å². The Morgan fingerprint density at radius 2 is 2.00 bits per heavy atom. The first-order chi connectivity index (χ1) is 11.3. The van der Waals surface area contributed by atoms with Gasteiger partial charge >= 0.3 is 0 Å². The maximum Gasteiger partial charge on any atom is 0.252 e. The lowest BCUT2D eigenvalue weighted by molar-refractivity contribution is 0.0930. The van der Waals surface area contributed by atoms with Gasteiger partial charge in [0.05, 0.1) is 11.6 Å². The van der Waals surface area contributed by atoms with Gasteiger partial charge in [-0.3, -0.25) is 4.79 Å². The summed E-state index contributed by atoms with van der Waals surface area (Å²) in [5.74, 6) is 0.815. The Labute approximate surface area is 142 Å². The predicted molar refractivity (Wildman–Crippen MR) is 97.0 cm³/mol. The van der Waals surface area contributed by atoms with Gasteiger partial charge in [0.2, 0.25) is 0 Å². The summed E-state index contributed by atoms with van der Waals surface area (Å²) in [5.41, 5.74) is 3.38. The molecule has 3 rings (SSSR count). The molecule has 1 aliphatic rings. The van der Waals surface area contributed by atoms with Crippen molar-refractivity contribution in [1.29, 1.82) is 0 Å². The lowest BCUT2D eigenvalue weighted by atomic mass is 9.87. The molecule has 2 aromatic rings. The van der Waals surface area contributed by atoms with Crippen LogP contribution in [0.25, 0.3) is 0 Å². The molecule has 2 aromatic carbocycles. The minimum absolute atomic E-state index is 0.0128. The number of rotatable bonds is 5. The summed E-state index contributed by atoms with van der Waals surface area (Å²) in [6.07, 6.45) is 5.09. The standard InChI is InChI=1S/C20H21NOS/c1-2-14-23-19-13-6-5-11-17(19)20(22)21-18-12-7-9-15-8-3-4-10-16(15)18/h2-6,8,10-11,13,18H,1,7,9,12,14H2,(H,21,22). The highest BCUT2D eigenvalue weighted by Crippen LogP contribution is 2.30. The summed E-state index contributed by atoms with van der Waals surface area (Å²) in [7, 11) is 0. The number of carbonyl (C=O) groups excluding carboxylic acids is 1. The molecule has 1 amide bonds. The number of amides is 1. The van der Waals surface area contributed by atoms with Crippen molar-refractivity contribution in [3.05, 3.63) is 77.9 Å². The van der Waals surface area contributed by atoms with E-state index in [4.69, 9.17) is 0 Å². The van der Waals surface area contributed by atoms with Crippen LogP contribution in [0.2, 0.25) is 0 Å². The zero-order valence-electron chi connectivity index (χ0n) is 13.1. The van der Waals surface area contributed by atoms with Crippen molar-refractivity contribution in [1.82, 2.24) is 5.32 Å². The summed E-state index contributed by atoms with van der Waals surface area (Å²) < 4.78 is 0. The third-order valence-corrected chi connectivity index (χ3v) is 5.23. The number of hydrogen-bond donors (Lipinski definition) is 1. The van der Waals surface area contributed by atoms with Crippen molar-refractivity contribution in [2.45, 2.75) is 30.2 Å². The average Bonchev–Trinajstić information content (AvgIpc) is 2.60. The van der Waals surface area contributed by atoms with E-state index in [0.29, 0.717) is 0 Å². The first kappa shape index (κ1) is 15.9. The van der Waals surface area contributed by atoms with E-state index in [1.54, 1.807) is 11.8 Å². The van der Waals surface area contributed by atoms with E-state index < -0.39 is 0 Å². The van der Waals surface area contributed by atoms with Gasteiger partial charge in [0.25, 0.3) is 5.91 Å². The third kappa shape index (κ3) is 3.67. The quantitative estimate of drug-likeness (QED) is 0.634. The Morgan fingerprint density at radius 3 is 2.87 bits per heavy atom.